The number of aliphatic hydroxyl groups is 1. The minimum absolute atomic E-state index is 0.0107. The van der Waals surface area contributed by atoms with Crippen LogP contribution in [0, 0.1) is 11.7 Å². The Hall–Kier alpha value is -2.85. The van der Waals surface area contributed by atoms with Gasteiger partial charge in [0.15, 0.2) is 0 Å². The molecule has 2 aromatic carbocycles. The molecule has 9 heteroatoms. The quantitative estimate of drug-likeness (QED) is 0.518. The second-order valence-electron chi connectivity index (χ2n) is 9.43. The van der Waals surface area contributed by atoms with Crippen molar-refractivity contribution in [1.82, 2.24) is 14.2 Å². The number of aliphatic hydroxyl groups excluding tert-OH is 1. The van der Waals surface area contributed by atoms with E-state index in [-0.39, 0.29) is 35.8 Å². The van der Waals surface area contributed by atoms with Crippen molar-refractivity contribution in [2.45, 2.75) is 37.4 Å². The average Bonchev–Trinajstić information content (AvgIpc) is 2.86. The molecule has 0 radical (unpaired) electrons. The van der Waals surface area contributed by atoms with E-state index in [1.165, 1.54) is 16.4 Å². The van der Waals surface area contributed by atoms with Crippen LogP contribution in [0.4, 0.5) is 4.39 Å². The summed E-state index contributed by atoms with van der Waals surface area (Å²) in [4.78, 5) is 6.19. The van der Waals surface area contributed by atoms with Crippen molar-refractivity contribution >= 4 is 10.0 Å². The zero-order chi connectivity index (χ0) is 25.9. The normalized spacial score (nSPS) is 20.7. The zero-order valence-electron chi connectivity index (χ0n) is 20.7. The number of benzene rings is 2. The highest BCUT2D eigenvalue weighted by atomic mass is 32.2. The fraction of sp³-hybridized carbons (Fsp3) is 0.370. The van der Waals surface area contributed by atoms with Crippen LogP contribution in [0.5, 0.6) is 5.75 Å². The third-order valence-electron chi connectivity index (χ3n) is 6.55. The van der Waals surface area contributed by atoms with Gasteiger partial charge in [-0.3, -0.25) is 9.88 Å². The number of ether oxygens (including phenoxy) is 1. The lowest BCUT2D eigenvalue weighted by atomic mass is 10.0. The number of hydrogen-bond donors (Lipinski definition) is 1. The summed E-state index contributed by atoms with van der Waals surface area (Å²) in [6.45, 7) is 4.74. The van der Waals surface area contributed by atoms with Gasteiger partial charge in [-0.2, -0.15) is 4.31 Å². The number of nitrogens with zero attached hydrogens (tertiary/aromatic N) is 3. The number of likely N-dealkylation sites (N-methyl/N-ethyl adjacent to an activating group) is 1. The van der Waals surface area contributed by atoms with Gasteiger partial charge in [0.1, 0.15) is 22.6 Å². The molecular weight excluding hydrogens is 481 g/mol. The van der Waals surface area contributed by atoms with Crippen molar-refractivity contribution in [3.05, 3.63) is 78.4 Å². The molecule has 0 saturated heterocycles. The van der Waals surface area contributed by atoms with Crippen LogP contribution in [0.25, 0.3) is 11.1 Å². The summed E-state index contributed by atoms with van der Waals surface area (Å²) < 4.78 is 49.6. The standard InChI is InChI=1S/C27H32FN3O4S/c1-19-15-31(20(2)18-32)36(33,34)27-9-8-22(23-6-4-5-7-24(23)28)14-25(27)35-26(19)17-30(3)16-21-10-12-29-13-11-21/h4-14,19-20,26,32H,15-18H2,1-3H3/t19-,20-,26+/m1/s1. The summed E-state index contributed by atoms with van der Waals surface area (Å²) in [6.07, 6.45) is 3.14. The SMILES string of the molecule is C[C@@H]1CN([C@H](C)CO)S(=O)(=O)c2ccc(-c3ccccc3F)cc2O[C@H]1CN(C)Cc1ccncc1. The maximum absolute atomic E-state index is 14.5. The molecule has 0 amide bonds. The van der Waals surface area contributed by atoms with Gasteiger partial charge in [-0.25, -0.2) is 12.8 Å². The lowest BCUT2D eigenvalue weighted by molar-refractivity contribution is 0.0734. The minimum Gasteiger partial charge on any atom is -0.487 e. The predicted molar refractivity (Wildman–Crippen MR) is 136 cm³/mol. The van der Waals surface area contributed by atoms with Crippen molar-refractivity contribution in [3.63, 3.8) is 0 Å². The minimum atomic E-state index is -3.96. The Kier molecular flexibility index (Phi) is 8.04. The van der Waals surface area contributed by atoms with Gasteiger partial charge in [-0.1, -0.05) is 31.2 Å². The second kappa shape index (κ2) is 11.0. The van der Waals surface area contributed by atoms with E-state index in [0.29, 0.717) is 24.2 Å². The van der Waals surface area contributed by atoms with E-state index >= 15 is 0 Å². The molecule has 3 atom stereocenters. The molecule has 0 aliphatic carbocycles. The van der Waals surface area contributed by atoms with E-state index in [4.69, 9.17) is 4.74 Å². The molecule has 0 spiro atoms. The number of hydrogen-bond acceptors (Lipinski definition) is 6. The molecule has 4 rings (SSSR count). The maximum Gasteiger partial charge on any atom is 0.247 e. The maximum atomic E-state index is 14.5. The fourth-order valence-corrected chi connectivity index (χ4v) is 6.30. The predicted octanol–water partition coefficient (Wildman–Crippen LogP) is 3.79. The van der Waals surface area contributed by atoms with Crippen molar-refractivity contribution in [2.24, 2.45) is 5.92 Å². The molecule has 1 N–H and O–H groups in total. The topological polar surface area (TPSA) is 83.0 Å². The molecule has 1 aliphatic heterocycles. The third-order valence-corrected chi connectivity index (χ3v) is 8.56. The molecule has 2 heterocycles. The number of fused-ring (bicyclic) bond motifs is 1. The van der Waals surface area contributed by atoms with Crippen LogP contribution in [-0.2, 0) is 16.6 Å². The molecule has 0 bridgehead atoms. The van der Waals surface area contributed by atoms with Gasteiger partial charge in [0.05, 0.1) is 6.61 Å². The van der Waals surface area contributed by atoms with Gasteiger partial charge < -0.3 is 9.84 Å². The molecule has 192 valence electrons. The highest BCUT2D eigenvalue weighted by Gasteiger charge is 2.38. The Morgan fingerprint density at radius 1 is 1.19 bits per heavy atom. The Balaban J connectivity index is 1.74. The van der Waals surface area contributed by atoms with Crippen LogP contribution in [-0.4, -0.2) is 66.6 Å². The number of pyridine rings is 1. The van der Waals surface area contributed by atoms with E-state index in [9.17, 15) is 17.9 Å². The summed E-state index contributed by atoms with van der Waals surface area (Å²) in [5.74, 6) is -0.401. The Morgan fingerprint density at radius 2 is 1.92 bits per heavy atom. The van der Waals surface area contributed by atoms with Crippen LogP contribution in [0.2, 0.25) is 0 Å². The first-order valence-corrected chi connectivity index (χ1v) is 13.4. The van der Waals surface area contributed by atoms with Gasteiger partial charge >= 0.3 is 0 Å². The van der Waals surface area contributed by atoms with E-state index in [0.717, 1.165) is 5.56 Å². The summed E-state index contributed by atoms with van der Waals surface area (Å²) in [5.41, 5.74) is 2.00. The van der Waals surface area contributed by atoms with Gasteiger partial charge in [0, 0.05) is 49.6 Å². The summed E-state index contributed by atoms with van der Waals surface area (Å²) in [6, 6.07) is 14.3. The molecular formula is C27H32FN3O4S. The van der Waals surface area contributed by atoms with E-state index in [2.05, 4.69) is 9.88 Å². The van der Waals surface area contributed by atoms with Crippen LogP contribution >= 0.6 is 0 Å². The lowest BCUT2D eigenvalue weighted by Gasteiger charge is -2.37. The summed E-state index contributed by atoms with van der Waals surface area (Å²) >= 11 is 0. The largest absolute Gasteiger partial charge is 0.487 e. The first-order chi connectivity index (χ1) is 17.2. The third kappa shape index (κ3) is 5.59. The molecule has 3 aromatic rings. The van der Waals surface area contributed by atoms with Crippen molar-refractivity contribution in [2.75, 3.05) is 26.7 Å². The van der Waals surface area contributed by atoms with Crippen LogP contribution < -0.4 is 4.74 Å². The molecule has 1 aromatic heterocycles. The molecule has 0 unspecified atom stereocenters. The molecule has 7 nitrogen and oxygen atoms in total. The Bertz CT molecular complexity index is 1290. The fourth-order valence-electron chi connectivity index (χ4n) is 4.48. The van der Waals surface area contributed by atoms with Gasteiger partial charge in [-0.05, 0) is 55.4 Å². The van der Waals surface area contributed by atoms with Gasteiger partial charge in [0.25, 0.3) is 0 Å². The Labute approximate surface area is 212 Å². The van der Waals surface area contributed by atoms with Crippen LogP contribution in [0.3, 0.4) is 0 Å². The van der Waals surface area contributed by atoms with Crippen molar-refractivity contribution in [3.8, 4) is 16.9 Å². The highest BCUT2D eigenvalue weighted by Crippen LogP contribution is 2.37. The van der Waals surface area contributed by atoms with Gasteiger partial charge in [0.2, 0.25) is 10.0 Å². The van der Waals surface area contributed by atoms with Gasteiger partial charge in [-0.15, -0.1) is 0 Å². The number of aromatic nitrogens is 1. The van der Waals surface area contributed by atoms with Crippen LogP contribution in [0.1, 0.15) is 19.4 Å². The van der Waals surface area contributed by atoms with Crippen molar-refractivity contribution in [1.29, 1.82) is 0 Å². The number of rotatable bonds is 7. The molecule has 36 heavy (non-hydrogen) atoms. The lowest BCUT2D eigenvalue weighted by Crippen LogP contribution is -2.49. The highest BCUT2D eigenvalue weighted by molar-refractivity contribution is 7.89. The van der Waals surface area contributed by atoms with E-state index in [1.807, 2.05) is 26.1 Å². The van der Waals surface area contributed by atoms with E-state index in [1.54, 1.807) is 49.6 Å². The van der Waals surface area contributed by atoms with Crippen LogP contribution in [0.15, 0.2) is 71.9 Å². The first-order valence-electron chi connectivity index (χ1n) is 12.0. The average molecular weight is 514 g/mol. The van der Waals surface area contributed by atoms with E-state index < -0.39 is 21.9 Å². The monoisotopic (exact) mass is 513 g/mol. The second-order valence-corrected chi connectivity index (χ2v) is 11.3. The van der Waals surface area contributed by atoms with Crippen molar-refractivity contribution < 1.29 is 22.7 Å². The molecule has 0 fully saturated rings. The summed E-state index contributed by atoms with van der Waals surface area (Å²) in [7, 11) is -1.98. The first kappa shape index (κ1) is 26.2. The number of sulfonamides is 1. The smallest absolute Gasteiger partial charge is 0.247 e. The zero-order valence-corrected chi connectivity index (χ0v) is 21.5. The molecule has 0 saturated carbocycles. The molecule has 1 aliphatic rings. The number of halogens is 1. The Morgan fingerprint density at radius 3 is 2.61 bits per heavy atom. The summed E-state index contributed by atoms with van der Waals surface area (Å²) in [5, 5.41) is 9.82.